The number of aliphatic hydroxyl groups is 1. The van der Waals surface area contributed by atoms with Gasteiger partial charge in [0.2, 0.25) is 0 Å². The molecule has 1 unspecified atom stereocenters. The topological polar surface area (TPSA) is 20.2 Å². The molecule has 1 N–H and O–H groups in total. The van der Waals surface area contributed by atoms with Gasteiger partial charge in [-0.15, -0.1) is 12.0 Å². The van der Waals surface area contributed by atoms with E-state index in [4.69, 9.17) is 6.42 Å². The molecule has 1 rings (SSSR count). The molecular formula is C15H18OSi. The Morgan fingerprint density at radius 3 is 2.35 bits per heavy atom. The maximum atomic E-state index is 10.1. The van der Waals surface area contributed by atoms with Gasteiger partial charge in [0.25, 0.3) is 0 Å². The highest BCUT2D eigenvalue weighted by Crippen LogP contribution is 2.22. The van der Waals surface area contributed by atoms with Gasteiger partial charge < -0.3 is 5.11 Å². The molecule has 0 aliphatic carbocycles. The molecule has 0 saturated carbocycles. The molecule has 0 fully saturated rings. The van der Waals surface area contributed by atoms with Crippen LogP contribution in [0.5, 0.6) is 0 Å². The molecular weight excluding hydrogens is 224 g/mol. The number of hydrogen-bond acceptors (Lipinski definition) is 1. The average molecular weight is 242 g/mol. The monoisotopic (exact) mass is 242 g/mol. The Morgan fingerprint density at radius 1 is 1.24 bits per heavy atom. The summed E-state index contributed by atoms with van der Waals surface area (Å²) < 4.78 is 0. The minimum absolute atomic E-state index is 0.702. The van der Waals surface area contributed by atoms with Gasteiger partial charge in [-0.25, -0.2) is 0 Å². The second-order valence-electron chi connectivity index (χ2n) is 5.26. The van der Waals surface area contributed by atoms with Crippen molar-refractivity contribution in [2.45, 2.75) is 32.2 Å². The second kappa shape index (κ2) is 4.80. The van der Waals surface area contributed by atoms with Crippen molar-refractivity contribution in [3.63, 3.8) is 0 Å². The highest BCUT2D eigenvalue weighted by molar-refractivity contribution is 6.83. The fourth-order valence-electron chi connectivity index (χ4n) is 1.35. The SMILES string of the molecule is C#CC(C)(O)c1ccccc1C#C[Si](C)(C)C. The normalized spacial score (nSPS) is 14.1. The maximum absolute atomic E-state index is 10.1. The quantitative estimate of drug-likeness (QED) is 0.593. The molecule has 17 heavy (non-hydrogen) atoms. The van der Waals surface area contributed by atoms with Crippen molar-refractivity contribution in [2.75, 3.05) is 0 Å². The molecule has 1 nitrogen and oxygen atoms in total. The third-order valence-electron chi connectivity index (χ3n) is 2.30. The molecule has 0 saturated heterocycles. The number of rotatable bonds is 1. The van der Waals surface area contributed by atoms with Crippen LogP contribution in [0.4, 0.5) is 0 Å². The summed E-state index contributed by atoms with van der Waals surface area (Å²) in [6.07, 6.45) is 5.35. The van der Waals surface area contributed by atoms with Crippen LogP contribution in [0.2, 0.25) is 19.6 Å². The zero-order valence-corrected chi connectivity index (χ0v) is 11.8. The summed E-state index contributed by atoms with van der Waals surface area (Å²) >= 11 is 0. The zero-order chi connectivity index (χ0) is 13.1. The molecule has 0 radical (unpaired) electrons. The van der Waals surface area contributed by atoms with E-state index >= 15 is 0 Å². The number of hydrogen-bond donors (Lipinski definition) is 1. The van der Waals surface area contributed by atoms with Gasteiger partial charge >= 0.3 is 0 Å². The van der Waals surface area contributed by atoms with Crippen LogP contribution in [0.15, 0.2) is 24.3 Å². The van der Waals surface area contributed by atoms with Crippen LogP contribution in [0.3, 0.4) is 0 Å². The van der Waals surface area contributed by atoms with E-state index in [0.29, 0.717) is 5.56 Å². The Kier molecular flexibility index (Phi) is 3.83. The molecule has 0 aromatic heterocycles. The summed E-state index contributed by atoms with van der Waals surface area (Å²) in [6.45, 7) is 8.16. The molecule has 0 amide bonds. The number of terminal acetylenes is 1. The van der Waals surface area contributed by atoms with E-state index in [-0.39, 0.29) is 0 Å². The molecule has 2 heteroatoms. The van der Waals surface area contributed by atoms with E-state index < -0.39 is 13.7 Å². The lowest BCUT2D eigenvalue weighted by atomic mass is 9.92. The first-order valence-corrected chi connectivity index (χ1v) is 9.09. The molecule has 0 heterocycles. The van der Waals surface area contributed by atoms with Gasteiger partial charge in [0.15, 0.2) is 0 Å². The van der Waals surface area contributed by atoms with E-state index in [0.717, 1.165) is 5.56 Å². The average Bonchev–Trinajstić information content (AvgIpc) is 2.26. The zero-order valence-electron chi connectivity index (χ0n) is 10.8. The van der Waals surface area contributed by atoms with Gasteiger partial charge in [-0.2, -0.15) is 0 Å². The Hall–Kier alpha value is -1.48. The summed E-state index contributed by atoms with van der Waals surface area (Å²) in [6, 6.07) is 7.49. The predicted octanol–water partition coefficient (Wildman–Crippen LogP) is 2.76. The second-order valence-corrected chi connectivity index (χ2v) is 10.0. The maximum Gasteiger partial charge on any atom is 0.149 e. The predicted molar refractivity (Wildman–Crippen MR) is 75.1 cm³/mol. The van der Waals surface area contributed by atoms with Crippen LogP contribution in [-0.2, 0) is 5.60 Å². The number of benzene rings is 1. The van der Waals surface area contributed by atoms with Crippen molar-refractivity contribution in [1.82, 2.24) is 0 Å². The molecule has 0 spiro atoms. The van der Waals surface area contributed by atoms with Crippen LogP contribution in [0.1, 0.15) is 18.1 Å². The smallest absolute Gasteiger partial charge is 0.149 e. The summed E-state index contributed by atoms with van der Waals surface area (Å²) in [5.41, 5.74) is 3.54. The van der Waals surface area contributed by atoms with Gasteiger partial charge in [0.05, 0.1) is 0 Å². The van der Waals surface area contributed by atoms with E-state index in [1.165, 1.54) is 0 Å². The Labute approximate surface area is 105 Å². The lowest BCUT2D eigenvalue weighted by Gasteiger charge is -2.18. The third kappa shape index (κ3) is 3.78. The molecule has 0 aliphatic rings. The van der Waals surface area contributed by atoms with Crippen LogP contribution < -0.4 is 0 Å². The largest absolute Gasteiger partial charge is 0.374 e. The first-order valence-electron chi connectivity index (χ1n) is 5.59. The minimum atomic E-state index is -1.43. The summed E-state index contributed by atoms with van der Waals surface area (Å²) in [5, 5.41) is 10.1. The van der Waals surface area contributed by atoms with Crippen LogP contribution in [0, 0.1) is 23.8 Å². The molecule has 1 aromatic rings. The van der Waals surface area contributed by atoms with Crippen molar-refractivity contribution < 1.29 is 5.11 Å². The fraction of sp³-hybridized carbons (Fsp3) is 0.333. The molecule has 1 aromatic carbocycles. The van der Waals surface area contributed by atoms with Crippen molar-refractivity contribution in [3.8, 4) is 23.8 Å². The fourth-order valence-corrected chi connectivity index (χ4v) is 1.86. The first kappa shape index (κ1) is 13.6. The van der Waals surface area contributed by atoms with Crippen LogP contribution in [-0.4, -0.2) is 13.2 Å². The lowest BCUT2D eigenvalue weighted by molar-refractivity contribution is 0.122. The van der Waals surface area contributed by atoms with Crippen molar-refractivity contribution in [2.24, 2.45) is 0 Å². The highest BCUT2D eigenvalue weighted by Gasteiger charge is 2.22. The lowest BCUT2D eigenvalue weighted by Crippen LogP contribution is -2.20. The van der Waals surface area contributed by atoms with Gasteiger partial charge in [-0.3, -0.25) is 0 Å². The van der Waals surface area contributed by atoms with Gasteiger partial charge in [0, 0.05) is 11.1 Å². The summed E-state index contributed by atoms with van der Waals surface area (Å²) in [4.78, 5) is 0. The Bertz CT molecular complexity index is 504. The minimum Gasteiger partial charge on any atom is -0.374 e. The molecule has 0 bridgehead atoms. The Balaban J connectivity index is 3.27. The van der Waals surface area contributed by atoms with Crippen LogP contribution in [0.25, 0.3) is 0 Å². The van der Waals surface area contributed by atoms with Gasteiger partial charge in [-0.05, 0) is 13.0 Å². The van der Waals surface area contributed by atoms with Crippen molar-refractivity contribution in [3.05, 3.63) is 35.4 Å². The molecule has 88 valence electrons. The van der Waals surface area contributed by atoms with Crippen molar-refractivity contribution in [1.29, 1.82) is 0 Å². The van der Waals surface area contributed by atoms with Crippen LogP contribution >= 0.6 is 0 Å². The summed E-state index contributed by atoms with van der Waals surface area (Å²) in [7, 11) is -1.43. The van der Waals surface area contributed by atoms with Crippen molar-refractivity contribution >= 4 is 8.07 Å². The summed E-state index contributed by atoms with van der Waals surface area (Å²) in [5.74, 6) is 5.54. The highest BCUT2D eigenvalue weighted by atomic mass is 28.3. The van der Waals surface area contributed by atoms with E-state index in [9.17, 15) is 5.11 Å². The van der Waals surface area contributed by atoms with Gasteiger partial charge in [0.1, 0.15) is 13.7 Å². The first-order chi connectivity index (χ1) is 7.76. The van der Waals surface area contributed by atoms with Gasteiger partial charge in [-0.1, -0.05) is 49.7 Å². The Morgan fingerprint density at radius 2 is 1.82 bits per heavy atom. The molecule has 0 aliphatic heterocycles. The third-order valence-corrected chi connectivity index (χ3v) is 3.18. The molecule has 1 atom stereocenters. The van der Waals surface area contributed by atoms with E-state index in [1.807, 2.05) is 24.3 Å². The van der Waals surface area contributed by atoms with E-state index in [1.54, 1.807) is 6.92 Å². The van der Waals surface area contributed by atoms with E-state index in [2.05, 4.69) is 37.0 Å². The standard InChI is InChI=1S/C15H18OSi/c1-6-15(2,16)14-10-8-7-9-13(14)11-12-17(3,4)5/h1,7-10,16H,2-5H3.